The van der Waals surface area contributed by atoms with Crippen molar-refractivity contribution in [2.24, 2.45) is 0 Å². The average molecular weight is 405 g/mol. The van der Waals surface area contributed by atoms with E-state index in [2.05, 4.69) is 15.8 Å². The van der Waals surface area contributed by atoms with E-state index in [4.69, 9.17) is 5.26 Å². The van der Waals surface area contributed by atoms with Gasteiger partial charge in [-0.25, -0.2) is 4.98 Å². The molecule has 144 valence electrons. The third-order valence-corrected chi connectivity index (χ3v) is 4.86. The third kappa shape index (κ3) is 4.46. The second-order valence-electron chi connectivity index (χ2n) is 5.77. The maximum absolute atomic E-state index is 12.8. The molecule has 0 N–H and O–H groups in total. The van der Waals surface area contributed by atoms with Gasteiger partial charge in [0.25, 0.3) is 5.56 Å². The summed E-state index contributed by atoms with van der Waals surface area (Å²) in [5.74, 6) is 0.326. The lowest BCUT2D eigenvalue weighted by Crippen LogP contribution is -2.22. The Morgan fingerprint density at radius 3 is 2.71 bits per heavy atom. The summed E-state index contributed by atoms with van der Waals surface area (Å²) < 4.78 is 42.5. The van der Waals surface area contributed by atoms with E-state index in [1.807, 2.05) is 13.0 Å². The molecule has 9 heteroatoms. The van der Waals surface area contributed by atoms with E-state index >= 15 is 0 Å². The molecule has 1 aromatic heterocycles. The summed E-state index contributed by atoms with van der Waals surface area (Å²) in [6.45, 7) is 2.13. The molecule has 1 heterocycles. The largest absolute Gasteiger partial charge is 0.573 e. The summed E-state index contributed by atoms with van der Waals surface area (Å²) in [5.41, 5.74) is 0.993. The molecule has 3 rings (SSSR count). The molecule has 0 aliphatic heterocycles. The van der Waals surface area contributed by atoms with Crippen LogP contribution in [0.1, 0.15) is 18.1 Å². The molecule has 0 saturated heterocycles. The minimum absolute atomic E-state index is 0.0189. The molecule has 0 unspecified atom stereocenters. The average Bonchev–Trinajstić information content (AvgIpc) is 2.64. The van der Waals surface area contributed by atoms with Gasteiger partial charge in [0.1, 0.15) is 5.75 Å². The lowest BCUT2D eigenvalue weighted by molar-refractivity contribution is -0.274. The summed E-state index contributed by atoms with van der Waals surface area (Å²) in [6.07, 6.45) is -3.51. The van der Waals surface area contributed by atoms with Gasteiger partial charge in [0.15, 0.2) is 0 Å². The second kappa shape index (κ2) is 7.94. The van der Waals surface area contributed by atoms with Crippen molar-refractivity contribution in [1.82, 2.24) is 9.55 Å². The van der Waals surface area contributed by atoms with Crippen molar-refractivity contribution >= 4 is 22.7 Å². The van der Waals surface area contributed by atoms with E-state index in [9.17, 15) is 18.0 Å². The molecule has 0 fully saturated rings. The highest BCUT2D eigenvalue weighted by Crippen LogP contribution is 2.26. The molecule has 0 radical (unpaired) electrons. The first-order chi connectivity index (χ1) is 13.3. The van der Waals surface area contributed by atoms with Gasteiger partial charge in [-0.1, -0.05) is 6.92 Å². The monoisotopic (exact) mass is 405 g/mol. The zero-order valence-electron chi connectivity index (χ0n) is 14.7. The highest BCUT2D eigenvalue weighted by atomic mass is 32.2. The summed E-state index contributed by atoms with van der Waals surface area (Å²) in [4.78, 5) is 17.9. The van der Waals surface area contributed by atoms with Crippen LogP contribution in [0, 0.1) is 11.3 Å². The van der Waals surface area contributed by atoms with E-state index in [-0.39, 0.29) is 17.4 Å². The second-order valence-corrected chi connectivity index (χ2v) is 7.08. The molecular weight excluding hydrogens is 391 g/mol. The molecule has 0 spiro atoms. The number of benzene rings is 2. The maximum atomic E-state index is 12.8. The Morgan fingerprint density at radius 1 is 1.25 bits per heavy atom. The first kappa shape index (κ1) is 19.8. The van der Waals surface area contributed by atoms with Crippen molar-refractivity contribution in [3.63, 3.8) is 0 Å². The molecule has 0 saturated carbocycles. The van der Waals surface area contributed by atoms with Crippen LogP contribution in [0.5, 0.6) is 5.75 Å². The number of hydrogen-bond donors (Lipinski definition) is 0. The molecule has 0 bridgehead atoms. The van der Waals surface area contributed by atoms with Gasteiger partial charge in [0, 0.05) is 4.90 Å². The van der Waals surface area contributed by atoms with Gasteiger partial charge in [-0.2, -0.15) is 5.26 Å². The molecular formula is C19H14F3N3O2S. The number of hydrogen-bond acceptors (Lipinski definition) is 5. The number of ether oxygens (including phenoxy) is 1. The third-order valence-electron chi connectivity index (χ3n) is 3.86. The standard InChI is InChI=1S/C19H14F3N3O2S/c1-2-28-17-6-3-12(9-23)7-13(17)10-25-11-24-16-5-4-14(27-19(20,21)22)8-15(16)18(25)26/h3-8,11H,2,10H2,1H3. The van der Waals surface area contributed by atoms with Crippen LogP contribution in [0.25, 0.3) is 10.9 Å². The summed E-state index contributed by atoms with van der Waals surface area (Å²) in [6, 6.07) is 10.7. The van der Waals surface area contributed by atoms with E-state index in [1.54, 1.807) is 23.9 Å². The highest BCUT2D eigenvalue weighted by Gasteiger charge is 2.31. The summed E-state index contributed by atoms with van der Waals surface area (Å²) >= 11 is 1.57. The van der Waals surface area contributed by atoms with E-state index in [0.717, 1.165) is 28.3 Å². The fraction of sp³-hybridized carbons (Fsp3) is 0.211. The lowest BCUT2D eigenvalue weighted by Gasteiger charge is -2.12. The Morgan fingerprint density at radius 2 is 2.04 bits per heavy atom. The first-order valence-electron chi connectivity index (χ1n) is 8.21. The van der Waals surface area contributed by atoms with Crippen molar-refractivity contribution in [2.75, 3.05) is 5.75 Å². The molecule has 3 aromatic rings. The highest BCUT2D eigenvalue weighted by molar-refractivity contribution is 7.99. The minimum atomic E-state index is -4.85. The molecule has 0 aliphatic rings. The van der Waals surface area contributed by atoms with E-state index in [0.29, 0.717) is 5.56 Å². The molecule has 2 aromatic carbocycles. The Hall–Kier alpha value is -2.99. The van der Waals surface area contributed by atoms with Crippen molar-refractivity contribution in [2.45, 2.75) is 24.7 Å². The first-order valence-corrected chi connectivity index (χ1v) is 9.20. The van der Waals surface area contributed by atoms with Crippen molar-refractivity contribution in [3.8, 4) is 11.8 Å². The van der Waals surface area contributed by atoms with Crippen molar-refractivity contribution in [1.29, 1.82) is 5.26 Å². The van der Waals surface area contributed by atoms with Gasteiger partial charge in [-0.15, -0.1) is 24.9 Å². The van der Waals surface area contributed by atoms with Gasteiger partial charge < -0.3 is 4.74 Å². The van der Waals surface area contributed by atoms with Crippen molar-refractivity contribution in [3.05, 3.63) is 64.2 Å². The van der Waals surface area contributed by atoms with Gasteiger partial charge in [0.2, 0.25) is 0 Å². The van der Waals surface area contributed by atoms with Crippen LogP contribution in [0.15, 0.2) is 52.4 Å². The Labute approximate surface area is 162 Å². The predicted molar refractivity (Wildman–Crippen MR) is 99.3 cm³/mol. The normalized spacial score (nSPS) is 11.4. The summed E-state index contributed by atoms with van der Waals surface area (Å²) in [5, 5.41) is 9.14. The topological polar surface area (TPSA) is 67.9 Å². The molecule has 0 amide bonds. The summed E-state index contributed by atoms with van der Waals surface area (Å²) in [7, 11) is 0. The number of alkyl halides is 3. The number of aromatic nitrogens is 2. The van der Waals surface area contributed by atoms with Crippen LogP contribution in [-0.2, 0) is 6.54 Å². The van der Waals surface area contributed by atoms with Crippen molar-refractivity contribution < 1.29 is 17.9 Å². The van der Waals surface area contributed by atoms with Crippen LogP contribution in [0.3, 0.4) is 0 Å². The number of nitriles is 1. The maximum Gasteiger partial charge on any atom is 0.573 e. The zero-order valence-corrected chi connectivity index (χ0v) is 15.5. The number of rotatable bonds is 5. The van der Waals surface area contributed by atoms with E-state index in [1.165, 1.54) is 17.0 Å². The van der Waals surface area contributed by atoms with Crippen LogP contribution in [-0.4, -0.2) is 21.7 Å². The van der Waals surface area contributed by atoms with Crippen LogP contribution in [0.4, 0.5) is 13.2 Å². The van der Waals surface area contributed by atoms with Crippen LogP contribution >= 0.6 is 11.8 Å². The molecule has 0 aliphatic carbocycles. The minimum Gasteiger partial charge on any atom is -0.406 e. The molecule has 28 heavy (non-hydrogen) atoms. The van der Waals surface area contributed by atoms with Gasteiger partial charge in [0.05, 0.1) is 35.4 Å². The SMILES string of the molecule is CCSc1ccc(C#N)cc1Cn1cnc2ccc(OC(F)(F)F)cc2c1=O. The van der Waals surface area contributed by atoms with Gasteiger partial charge in [-0.3, -0.25) is 9.36 Å². The number of thioether (sulfide) groups is 1. The Bertz CT molecular complexity index is 1120. The molecule has 0 atom stereocenters. The smallest absolute Gasteiger partial charge is 0.406 e. The zero-order chi connectivity index (χ0) is 20.3. The Kier molecular flexibility index (Phi) is 5.61. The van der Waals surface area contributed by atoms with Crippen LogP contribution < -0.4 is 10.3 Å². The Balaban J connectivity index is 2.04. The van der Waals surface area contributed by atoms with Crippen LogP contribution in [0.2, 0.25) is 0 Å². The lowest BCUT2D eigenvalue weighted by atomic mass is 10.1. The van der Waals surface area contributed by atoms with Gasteiger partial charge >= 0.3 is 6.36 Å². The number of fused-ring (bicyclic) bond motifs is 1. The fourth-order valence-corrected chi connectivity index (χ4v) is 3.48. The number of nitrogens with zero attached hydrogens (tertiary/aromatic N) is 3. The van der Waals surface area contributed by atoms with E-state index < -0.39 is 17.7 Å². The number of halogens is 3. The van der Waals surface area contributed by atoms with Gasteiger partial charge in [-0.05, 0) is 47.7 Å². The predicted octanol–water partition coefficient (Wildman–Crippen LogP) is 4.33. The fourth-order valence-electron chi connectivity index (χ4n) is 2.70. The quantitative estimate of drug-likeness (QED) is 0.591. The molecule has 5 nitrogen and oxygen atoms in total.